The highest BCUT2D eigenvalue weighted by atomic mass is 16.2. The number of urea groups is 1. The lowest BCUT2D eigenvalue weighted by Crippen LogP contribution is -2.20. The Hall–Kier alpha value is -2.29. The van der Waals surface area contributed by atoms with Crippen LogP contribution in [0.25, 0.3) is 0 Å². The van der Waals surface area contributed by atoms with E-state index < -0.39 is 0 Å². The molecule has 3 nitrogen and oxygen atoms in total. The van der Waals surface area contributed by atoms with Gasteiger partial charge in [0.15, 0.2) is 0 Å². The van der Waals surface area contributed by atoms with Crippen molar-refractivity contribution in [1.82, 2.24) is 0 Å². The third kappa shape index (κ3) is 4.10. The molecule has 0 aliphatic rings. The van der Waals surface area contributed by atoms with E-state index in [1.807, 2.05) is 36.4 Å². The van der Waals surface area contributed by atoms with E-state index in [0.29, 0.717) is 11.8 Å². The molecule has 116 valence electrons. The van der Waals surface area contributed by atoms with E-state index >= 15 is 0 Å². The first-order valence-electron chi connectivity index (χ1n) is 7.74. The fourth-order valence-electron chi connectivity index (χ4n) is 2.34. The van der Waals surface area contributed by atoms with Gasteiger partial charge in [-0.3, -0.25) is 0 Å². The van der Waals surface area contributed by atoms with Gasteiger partial charge in [0, 0.05) is 11.4 Å². The molecular weight excluding hydrogens is 272 g/mol. The van der Waals surface area contributed by atoms with Gasteiger partial charge in [-0.1, -0.05) is 58.0 Å². The zero-order chi connectivity index (χ0) is 16.1. The van der Waals surface area contributed by atoms with Gasteiger partial charge in [-0.25, -0.2) is 4.79 Å². The van der Waals surface area contributed by atoms with E-state index in [9.17, 15) is 4.79 Å². The molecule has 0 spiro atoms. The quantitative estimate of drug-likeness (QED) is 0.760. The van der Waals surface area contributed by atoms with Crippen molar-refractivity contribution in [2.24, 2.45) is 0 Å². The number of benzene rings is 2. The number of carbonyl (C=O) groups is 1. The summed E-state index contributed by atoms with van der Waals surface area (Å²) in [5, 5.41) is 5.80. The number of para-hydroxylation sites is 1. The molecule has 0 unspecified atom stereocenters. The topological polar surface area (TPSA) is 41.1 Å². The Morgan fingerprint density at radius 3 is 2.14 bits per heavy atom. The van der Waals surface area contributed by atoms with Crippen LogP contribution in [0.4, 0.5) is 16.2 Å². The van der Waals surface area contributed by atoms with Crippen LogP contribution in [0.1, 0.15) is 50.7 Å². The molecule has 0 aromatic heterocycles. The highest BCUT2D eigenvalue weighted by Gasteiger charge is 2.12. The maximum absolute atomic E-state index is 12.2. The molecule has 2 amide bonds. The van der Waals surface area contributed by atoms with Crippen molar-refractivity contribution in [3.8, 4) is 0 Å². The van der Waals surface area contributed by atoms with E-state index in [2.05, 4.69) is 50.5 Å². The van der Waals surface area contributed by atoms with Crippen LogP contribution < -0.4 is 10.6 Å². The summed E-state index contributed by atoms with van der Waals surface area (Å²) in [5.74, 6) is 0.829. The van der Waals surface area contributed by atoms with E-state index in [1.54, 1.807) is 0 Å². The summed E-state index contributed by atoms with van der Waals surface area (Å²) in [4.78, 5) is 12.2. The standard InChI is InChI=1S/C19H24N2O/c1-13(2)15-10-11-18(17(12-15)14(3)4)21-19(22)20-16-8-6-5-7-9-16/h5-14H,1-4H3,(H2,20,21,22). The Morgan fingerprint density at radius 2 is 1.55 bits per heavy atom. The fraction of sp³-hybridized carbons (Fsp3) is 0.316. The Kier molecular flexibility index (Phi) is 5.21. The van der Waals surface area contributed by atoms with Gasteiger partial charge in [-0.15, -0.1) is 0 Å². The molecule has 0 saturated carbocycles. The van der Waals surface area contributed by atoms with Crippen LogP contribution >= 0.6 is 0 Å². The zero-order valence-corrected chi connectivity index (χ0v) is 13.7. The van der Waals surface area contributed by atoms with Crippen LogP contribution in [0.3, 0.4) is 0 Å². The van der Waals surface area contributed by atoms with Gasteiger partial charge in [0.1, 0.15) is 0 Å². The van der Waals surface area contributed by atoms with Gasteiger partial charge in [-0.2, -0.15) is 0 Å². The van der Waals surface area contributed by atoms with E-state index in [-0.39, 0.29) is 6.03 Å². The summed E-state index contributed by atoms with van der Waals surface area (Å²) in [5.41, 5.74) is 4.10. The Labute approximate surface area is 132 Å². The van der Waals surface area contributed by atoms with Crippen molar-refractivity contribution >= 4 is 17.4 Å². The third-order valence-corrected chi connectivity index (χ3v) is 3.64. The minimum Gasteiger partial charge on any atom is -0.308 e. The first kappa shape index (κ1) is 16.1. The summed E-state index contributed by atoms with van der Waals surface area (Å²) in [6.45, 7) is 8.63. The van der Waals surface area contributed by atoms with Gasteiger partial charge < -0.3 is 10.6 Å². The molecule has 2 aromatic carbocycles. The summed E-state index contributed by atoms with van der Waals surface area (Å²) >= 11 is 0. The van der Waals surface area contributed by atoms with Gasteiger partial charge in [0.05, 0.1) is 0 Å². The molecule has 0 radical (unpaired) electrons. The number of hydrogen-bond acceptors (Lipinski definition) is 1. The molecule has 2 N–H and O–H groups in total. The minimum absolute atomic E-state index is 0.217. The predicted octanol–water partition coefficient (Wildman–Crippen LogP) is 5.58. The number of hydrogen-bond donors (Lipinski definition) is 2. The van der Waals surface area contributed by atoms with Crippen molar-refractivity contribution in [3.05, 3.63) is 59.7 Å². The average molecular weight is 296 g/mol. The maximum atomic E-state index is 12.2. The second kappa shape index (κ2) is 7.12. The van der Waals surface area contributed by atoms with Crippen LogP contribution in [0, 0.1) is 0 Å². The normalized spacial score (nSPS) is 10.8. The lowest BCUT2D eigenvalue weighted by molar-refractivity contribution is 0.262. The van der Waals surface area contributed by atoms with Crippen LogP contribution in [0.2, 0.25) is 0 Å². The molecule has 0 aliphatic carbocycles. The van der Waals surface area contributed by atoms with E-state index in [1.165, 1.54) is 5.56 Å². The molecular formula is C19H24N2O. The summed E-state index contributed by atoms with van der Waals surface area (Å²) < 4.78 is 0. The van der Waals surface area contributed by atoms with Crippen molar-refractivity contribution in [3.63, 3.8) is 0 Å². The van der Waals surface area contributed by atoms with Crippen molar-refractivity contribution in [2.45, 2.75) is 39.5 Å². The minimum atomic E-state index is -0.217. The van der Waals surface area contributed by atoms with Crippen molar-refractivity contribution in [2.75, 3.05) is 10.6 Å². The second-order valence-electron chi connectivity index (χ2n) is 6.10. The van der Waals surface area contributed by atoms with Gasteiger partial charge in [0.2, 0.25) is 0 Å². The first-order valence-corrected chi connectivity index (χ1v) is 7.74. The largest absolute Gasteiger partial charge is 0.323 e. The highest BCUT2D eigenvalue weighted by Crippen LogP contribution is 2.28. The SMILES string of the molecule is CC(C)c1ccc(NC(=O)Nc2ccccc2)c(C(C)C)c1. The molecule has 0 aliphatic heterocycles. The molecule has 0 heterocycles. The van der Waals surface area contributed by atoms with Crippen molar-refractivity contribution in [1.29, 1.82) is 0 Å². The lowest BCUT2D eigenvalue weighted by atomic mass is 9.94. The van der Waals surface area contributed by atoms with E-state index in [0.717, 1.165) is 16.9 Å². The van der Waals surface area contributed by atoms with Gasteiger partial charge >= 0.3 is 6.03 Å². The predicted molar refractivity (Wildman–Crippen MR) is 93.7 cm³/mol. The summed E-state index contributed by atoms with van der Waals surface area (Å²) in [6, 6.07) is 15.5. The van der Waals surface area contributed by atoms with Crippen LogP contribution in [0.15, 0.2) is 48.5 Å². The number of rotatable bonds is 4. The Morgan fingerprint density at radius 1 is 0.864 bits per heavy atom. The summed E-state index contributed by atoms with van der Waals surface area (Å²) in [7, 11) is 0. The smallest absolute Gasteiger partial charge is 0.308 e. The molecule has 0 fully saturated rings. The van der Waals surface area contributed by atoms with Crippen LogP contribution in [-0.2, 0) is 0 Å². The Balaban J connectivity index is 2.16. The van der Waals surface area contributed by atoms with E-state index in [4.69, 9.17) is 0 Å². The second-order valence-corrected chi connectivity index (χ2v) is 6.10. The number of anilines is 2. The molecule has 0 bridgehead atoms. The molecule has 0 saturated heterocycles. The first-order chi connectivity index (χ1) is 10.5. The Bertz CT molecular complexity index is 633. The number of amides is 2. The third-order valence-electron chi connectivity index (χ3n) is 3.64. The van der Waals surface area contributed by atoms with Gasteiger partial charge in [0.25, 0.3) is 0 Å². The monoisotopic (exact) mass is 296 g/mol. The van der Waals surface area contributed by atoms with Crippen LogP contribution in [0.5, 0.6) is 0 Å². The maximum Gasteiger partial charge on any atom is 0.323 e. The van der Waals surface area contributed by atoms with Gasteiger partial charge in [-0.05, 0) is 41.2 Å². The molecule has 0 atom stereocenters. The molecule has 2 aromatic rings. The lowest BCUT2D eigenvalue weighted by Gasteiger charge is -2.17. The molecule has 2 rings (SSSR count). The van der Waals surface area contributed by atoms with Crippen molar-refractivity contribution < 1.29 is 4.79 Å². The highest BCUT2D eigenvalue weighted by molar-refractivity contribution is 6.00. The number of nitrogens with one attached hydrogen (secondary N) is 2. The average Bonchev–Trinajstić information content (AvgIpc) is 2.48. The molecule has 22 heavy (non-hydrogen) atoms. The number of carbonyl (C=O) groups excluding carboxylic acids is 1. The fourth-order valence-corrected chi connectivity index (χ4v) is 2.34. The zero-order valence-electron chi connectivity index (χ0n) is 13.7. The van der Waals surface area contributed by atoms with Crippen LogP contribution in [-0.4, -0.2) is 6.03 Å². The summed E-state index contributed by atoms with van der Waals surface area (Å²) in [6.07, 6.45) is 0. The molecule has 3 heteroatoms.